The maximum atomic E-state index is 12.4. The van der Waals surface area contributed by atoms with Crippen LogP contribution in [0.15, 0.2) is 23.2 Å². The highest BCUT2D eigenvalue weighted by Gasteiger charge is 2.36. The minimum Gasteiger partial charge on any atom is -0.287 e. The van der Waals surface area contributed by atoms with Crippen LogP contribution in [-0.2, 0) is 4.79 Å². The third-order valence-corrected chi connectivity index (χ3v) is 6.08. The van der Waals surface area contributed by atoms with Crippen LogP contribution in [0.25, 0.3) is 0 Å². The van der Waals surface area contributed by atoms with Crippen LogP contribution in [0.5, 0.6) is 0 Å². The van der Waals surface area contributed by atoms with E-state index in [1.807, 2.05) is 11.8 Å². The van der Waals surface area contributed by atoms with Crippen LogP contribution in [0, 0.1) is 23.0 Å². The zero-order valence-electron chi connectivity index (χ0n) is 14.6. The number of thioether (sulfide) groups is 1. The molecule has 1 aromatic carbocycles. The molecule has 1 aromatic rings. The van der Waals surface area contributed by atoms with Crippen molar-refractivity contribution in [2.24, 2.45) is 10.9 Å². The highest BCUT2D eigenvalue weighted by atomic mass is 32.2. The minimum absolute atomic E-state index is 0.0593. The Morgan fingerprint density at radius 2 is 2.04 bits per heavy atom. The predicted molar refractivity (Wildman–Crippen MR) is 100 cm³/mol. The third kappa shape index (κ3) is 3.86. The predicted octanol–water partition coefficient (Wildman–Crippen LogP) is 4.43. The van der Waals surface area contributed by atoms with E-state index in [1.165, 1.54) is 56.0 Å². The summed E-state index contributed by atoms with van der Waals surface area (Å²) in [5.41, 5.74) is 1.49. The molecule has 0 bridgehead atoms. The number of aryl methyl sites for hydroxylation is 1. The maximum absolute atomic E-state index is 12.4. The summed E-state index contributed by atoms with van der Waals surface area (Å²) in [5.74, 6) is 1.06. The van der Waals surface area contributed by atoms with E-state index < -0.39 is 4.92 Å². The molecule has 1 saturated carbocycles. The smallest absolute Gasteiger partial charge is 0.269 e. The van der Waals surface area contributed by atoms with Crippen LogP contribution in [0.1, 0.15) is 44.6 Å². The van der Waals surface area contributed by atoms with Gasteiger partial charge in [-0.2, -0.15) is 0 Å². The number of carbonyl (C=O) groups is 1. The molecule has 0 radical (unpaired) electrons. The Bertz CT molecular complexity index is 714. The van der Waals surface area contributed by atoms with Crippen LogP contribution >= 0.6 is 11.8 Å². The third-order valence-electron chi connectivity index (χ3n) is 5.15. The van der Waals surface area contributed by atoms with Crippen molar-refractivity contribution in [3.63, 3.8) is 0 Å². The van der Waals surface area contributed by atoms with Crippen molar-refractivity contribution in [3.8, 4) is 0 Å². The summed E-state index contributed by atoms with van der Waals surface area (Å²) in [6, 6.07) is 4.80. The molecule has 1 heterocycles. The summed E-state index contributed by atoms with van der Waals surface area (Å²) in [6.45, 7) is 3.93. The molecule has 0 spiro atoms. The topological polar surface area (TPSA) is 75.8 Å². The Morgan fingerprint density at radius 1 is 1.32 bits per heavy atom. The first-order valence-electron chi connectivity index (χ1n) is 8.76. The molecule has 3 rings (SSSR count). The number of aliphatic imine (C=N–C) groups is 1. The number of rotatable bonds is 4. The number of carbonyl (C=O) groups excluding carboxylic acids is 1. The quantitative estimate of drug-likeness (QED) is 0.587. The van der Waals surface area contributed by atoms with Gasteiger partial charge in [0.25, 0.3) is 5.69 Å². The molecule has 25 heavy (non-hydrogen) atoms. The van der Waals surface area contributed by atoms with Crippen LogP contribution in [-0.4, -0.2) is 32.7 Å². The van der Waals surface area contributed by atoms with E-state index in [9.17, 15) is 14.9 Å². The molecule has 1 aliphatic heterocycles. The molecular weight excluding hydrogens is 338 g/mol. The number of non-ortho nitro benzene ring substituents is 1. The first kappa shape index (κ1) is 17.9. The number of amidine groups is 1. The van der Waals surface area contributed by atoms with Gasteiger partial charge < -0.3 is 0 Å². The number of hydrogen-bond acceptors (Lipinski definition) is 5. The lowest BCUT2D eigenvalue weighted by Gasteiger charge is -2.33. The van der Waals surface area contributed by atoms with Crippen molar-refractivity contribution < 1.29 is 9.72 Å². The number of nitrogens with zero attached hydrogens (tertiary/aromatic N) is 3. The van der Waals surface area contributed by atoms with Crippen LogP contribution in [0.3, 0.4) is 0 Å². The SMILES string of the molecule is Cc1cc([N+](=O)[O-])ccc1/N=C1\SCC(=O)N1[C@H](C)C1CCCCC1. The fourth-order valence-corrected chi connectivity index (χ4v) is 4.63. The van der Waals surface area contributed by atoms with Gasteiger partial charge in [-0.25, -0.2) is 4.99 Å². The fraction of sp³-hybridized carbons (Fsp3) is 0.556. The van der Waals surface area contributed by atoms with Crippen LogP contribution < -0.4 is 0 Å². The average molecular weight is 361 g/mol. The second kappa shape index (κ2) is 7.56. The molecule has 0 unspecified atom stereocenters. The van der Waals surface area contributed by atoms with E-state index in [0.29, 0.717) is 17.4 Å². The van der Waals surface area contributed by atoms with Gasteiger partial charge in [0.2, 0.25) is 5.91 Å². The summed E-state index contributed by atoms with van der Waals surface area (Å²) in [5, 5.41) is 11.6. The standard InChI is InChI=1S/C18H23N3O3S/c1-12-10-15(21(23)24)8-9-16(12)19-18-20(17(22)11-25-18)13(2)14-6-4-3-5-7-14/h8-10,13-14H,3-7,11H2,1-2H3/b19-18-/t13-/m1/s1. The second-order valence-electron chi connectivity index (χ2n) is 6.81. The van der Waals surface area contributed by atoms with Crippen LogP contribution in [0.2, 0.25) is 0 Å². The molecule has 2 aliphatic rings. The van der Waals surface area contributed by atoms with Gasteiger partial charge in [-0.05, 0) is 44.2 Å². The van der Waals surface area contributed by atoms with E-state index in [-0.39, 0.29) is 17.6 Å². The van der Waals surface area contributed by atoms with Crippen molar-refractivity contribution in [1.29, 1.82) is 0 Å². The molecule has 1 aliphatic carbocycles. The van der Waals surface area contributed by atoms with E-state index in [4.69, 9.17) is 0 Å². The summed E-state index contributed by atoms with van der Waals surface area (Å²) in [4.78, 5) is 29.4. The fourth-order valence-electron chi connectivity index (χ4n) is 3.67. The zero-order chi connectivity index (χ0) is 18.0. The second-order valence-corrected chi connectivity index (χ2v) is 7.76. The summed E-state index contributed by atoms with van der Waals surface area (Å²) < 4.78 is 0. The molecular formula is C18H23N3O3S. The van der Waals surface area contributed by atoms with E-state index in [2.05, 4.69) is 11.9 Å². The highest BCUT2D eigenvalue weighted by Crippen LogP contribution is 2.34. The Hall–Kier alpha value is -1.89. The Labute approximate surface area is 151 Å². The number of nitro groups is 1. The van der Waals surface area contributed by atoms with Gasteiger partial charge in [0.05, 0.1) is 16.4 Å². The molecule has 7 heteroatoms. The summed E-state index contributed by atoms with van der Waals surface area (Å²) in [6.07, 6.45) is 6.09. The van der Waals surface area contributed by atoms with Crippen molar-refractivity contribution in [2.75, 3.05) is 5.75 Å². The van der Waals surface area contributed by atoms with Gasteiger partial charge in [0, 0.05) is 18.2 Å². The van der Waals surface area contributed by atoms with Gasteiger partial charge in [0.15, 0.2) is 5.17 Å². The normalized spacial score (nSPS) is 21.8. The van der Waals surface area contributed by atoms with Crippen molar-refractivity contribution in [2.45, 2.75) is 52.0 Å². The van der Waals surface area contributed by atoms with Gasteiger partial charge in [-0.15, -0.1) is 0 Å². The molecule has 1 amide bonds. The first-order chi connectivity index (χ1) is 12.0. The number of benzene rings is 1. The lowest BCUT2D eigenvalue weighted by Crippen LogP contribution is -2.42. The molecule has 134 valence electrons. The molecule has 0 aromatic heterocycles. The monoisotopic (exact) mass is 361 g/mol. The van der Waals surface area contributed by atoms with E-state index in [1.54, 1.807) is 6.07 Å². The molecule has 1 saturated heterocycles. The Morgan fingerprint density at radius 3 is 2.68 bits per heavy atom. The molecule has 6 nitrogen and oxygen atoms in total. The zero-order valence-corrected chi connectivity index (χ0v) is 15.4. The summed E-state index contributed by atoms with van der Waals surface area (Å²) in [7, 11) is 0. The average Bonchev–Trinajstić information content (AvgIpc) is 2.97. The van der Waals surface area contributed by atoms with Crippen molar-refractivity contribution in [1.82, 2.24) is 4.90 Å². The largest absolute Gasteiger partial charge is 0.287 e. The Balaban J connectivity index is 1.85. The van der Waals surface area contributed by atoms with Gasteiger partial charge in [-0.1, -0.05) is 31.0 Å². The lowest BCUT2D eigenvalue weighted by molar-refractivity contribution is -0.384. The molecule has 2 fully saturated rings. The van der Waals surface area contributed by atoms with E-state index in [0.717, 1.165) is 10.7 Å². The van der Waals surface area contributed by atoms with Crippen LogP contribution in [0.4, 0.5) is 11.4 Å². The minimum atomic E-state index is -0.408. The lowest BCUT2D eigenvalue weighted by atomic mass is 9.84. The van der Waals surface area contributed by atoms with Crippen molar-refractivity contribution in [3.05, 3.63) is 33.9 Å². The first-order valence-corrected chi connectivity index (χ1v) is 9.74. The van der Waals surface area contributed by atoms with E-state index >= 15 is 0 Å². The number of hydrogen-bond donors (Lipinski definition) is 0. The highest BCUT2D eigenvalue weighted by molar-refractivity contribution is 8.15. The Kier molecular flexibility index (Phi) is 5.42. The van der Waals surface area contributed by atoms with Gasteiger partial charge >= 0.3 is 0 Å². The van der Waals surface area contributed by atoms with Gasteiger partial charge in [0.1, 0.15) is 0 Å². The molecule has 0 N–H and O–H groups in total. The summed E-state index contributed by atoms with van der Waals surface area (Å²) >= 11 is 1.46. The van der Waals surface area contributed by atoms with Crippen molar-refractivity contribution >= 4 is 34.2 Å². The number of amides is 1. The maximum Gasteiger partial charge on any atom is 0.269 e. The molecule has 1 atom stereocenters. The number of nitro benzene ring substituents is 1. The van der Waals surface area contributed by atoms with Gasteiger partial charge in [-0.3, -0.25) is 19.8 Å².